The molecular formula is C17H18ClNO. The molecule has 0 saturated heterocycles. The second-order valence-corrected chi connectivity index (χ2v) is 5.36. The maximum Gasteiger partial charge on any atom is 0.220 e. The largest absolute Gasteiger partial charge is 0.352 e. The molecule has 0 aliphatic rings. The third-order valence-corrected chi connectivity index (χ3v) is 3.47. The first-order valence-corrected chi connectivity index (χ1v) is 7.09. The van der Waals surface area contributed by atoms with Crippen molar-refractivity contribution in [2.45, 2.75) is 25.8 Å². The van der Waals surface area contributed by atoms with E-state index in [1.807, 2.05) is 42.5 Å². The van der Waals surface area contributed by atoms with E-state index in [0.29, 0.717) is 18.0 Å². The second kappa shape index (κ2) is 7.11. The molecule has 2 aromatic carbocycles. The molecule has 2 rings (SSSR count). The Morgan fingerprint density at radius 3 is 2.60 bits per heavy atom. The molecule has 1 unspecified atom stereocenters. The van der Waals surface area contributed by atoms with E-state index < -0.39 is 0 Å². The van der Waals surface area contributed by atoms with Gasteiger partial charge >= 0.3 is 0 Å². The number of hydrogen-bond donors (Lipinski definition) is 1. The molecule has 1 atom stereocenters. The lowest BCUT2D eigenvalue weighted by Crippen LogP contribution is -2.24. The van der Waals surface area contributed by atoms with Crippen LogP contribution in [0.25, 0.3) is 0 Å². The highest BCUT2D eigenvalue weighted by molar-refractivity contribution is 6.30. The van der Waals surface area contributed by atoms with Crippen molar-refractivity contribution in [3.8, 4) is 0 Å². The van der Waals surface area contributed by atoms with Crippen LogP contribution in [0.1, 0.15) is 30.4 Å². The van der Waals surface area contributed by atoms with Crippen LogP contribution >= 0.6 is 11.6 Å². The molecule has 0 saturated carbocycles. The van der Waals surface area contributed by atoms with Crippen LogP contribution in [0.15, 0.2) is 54.6 Å². The van der Waals surface area contributed by atoms with E-state index in [1.165, 1.54) is 5.56 Å². The fourth-order valence-corrected chi connectivity index (χ4v) is 2.31. The minimum atomic E-state index is 0.0568. The standard InChI is InChI=1S/C17H18ClNO/c1-13(15-7-3-2-4-8-15)10-17(20)19-12-14-6-5-9-16(18)11-14/h2-9,11,13H,10,12H2,1H3,(H,19,20). The van der Waals surface area contributed by atoms with Crippen LogP contribution in [0.3, 0.4) is 0 Å². The van der Waals surface area contributed by atoms with Gasteiger partial charge < -0.3 is 5.32 Å². The molecule has 1 amide bonds. The molecule has 0 heterocycles. The summed E-state index contributed by atoms with van der Waals surface area (Å²) in [5, 5.41) is 3.62. The molecule has 0 fully saturated rings. The summed E-state index contributed by atoms with van der Waals surface area (Å²) < 4.78 is 0. The highest BCUT2D eigenvalue weighted by Crippen LogP contribution is 2.18. The topological polar surface area (TPSA) is 29.1 Å². The zero-order chi connectivity index (χ0) is 14.4. The van der Waals surface area contributed by atoms with Crippen LogP contribution in [-0.2, 0) is 11.3 Å². The van der Waals surface area contributed by atoms with Crippen LogP contribution < -0.4 is 5.32 Å². The number of rotatable bonds is 5. The summed E-state index contributed by atoms with van der Waals surface area (Å²) in [6.45, 7) is 2.58. The predicted octanol–water partition coefficient (Wildman–Crippen LogP) is 4.15. The second-order valence-electron chi connectivity index (χ2n) is 4.92. The monoisotopic (exact) mass is 287 g/mol. The molecule has 104 valence electrons. The minimum Gasteiger partial charge on any atom is -0.352 e. The first-order valence-electron chi connectivity index (χ1n) is 6.71. The predicted molar refractivity (Wildman–Crippen MR) is 82.8 cm³/mol. The molecule has 2 aromatic rings. The summed E-state index contributed by atoms with van der Waals surface area (Å²) in [4.78, 5) is 11.9. The first-order chi connectivity index (χ1) is 9.65. The molecule has 20 heavy (non-hydrogen) atoms. The Kier molecular flexibility index (Phi) is 5.19. The Balaban J connectivity index is 1.84. The zero-order valence-corrected chi connectivity index (χ0v) is 12.2. The Bertz CT molecular complexity index is 568. The molecule has 0 aromatic heterocycles. The van der Waals surface area contributed by atoms with Crippen molar-refractivity contribution in [3.05, 3.63) is 70.7 Å². The van der Waals surface area contributed by atoms with Gasteiger partial charge in [-0.1, -0.05) is 61.0 Å². The van der Waals surface area contributed by atoms with Crippen molar-refractivity contribution in [1.82, 2.24) is 5.32 Å². The van der Waals surface area contributed by atoms with Crippen molar-refractivity contribution in [2.75, 3.05) is 0 Å². The molecule has 0 bridgehead atoms. The molecule has 0 spiro atoms. The highest BCUT2D eigenvalue weighted by Gasteiger charge is 2.10. The van der Waals surface area contributed by atoms with Crippen LogP contribution in [0.5, 0.6) is 0 Å². The molecule has 2 nitrogen and oxygen atoms in total. The molecule has 0 radical (unpaired) electrons. The van der Waals surface area contributed by atoms with Gasteiger partial charge in [0.25, 0.3) is 0 Å². The first kappa shape index (κ1) is 14.6. The minimum absolute atomic E-state index is 0.0568. The Hall–Kier alpha value is -1.80. The number of halogens is 1. The number of carbonyl (C=O) groups is 1. The SMILES string of the molecule is CC(CC(=O)NCc1cccc(Cl)c1)c1ccccc1. The van der Waals surface area contributed by atoms with Gasteiger partial charge in [-0.15, -0.1) is 0 Å². The molecule has 0 aliphatic heterocycles. The van der Waals surface area contributed by atoms with Gasteiger partial charge in [0.1, 0.15) is 0 Å². The van der Waals surface area contributed by atoms with Crippen molar-refractivity contribution < 1.29 is 4.79 Å². The number of amides is 1. The Morgan fingerprint density at radius 2 is 1.90 bits per heavy atom. The van der Waals surface area contributed by atoms with Gasteiger partial charge in [-0.2, -0.15) is 0 Å². The van der Waals surface area contributed by atoms with Crippen LogP contribution in [-0.4, -0.2) is 5.91 Å². The fraction of sp³-hybridized carbons (Fsp3) is 0.235. The maximum absolute atomic E-state index is 11.9. The maximum atomic E-state index is 11.9. The van der Waals surface area contributed by atoms with Gasteiger partial charge in [-0.05, 0) is 29.2 Å². The quantitative estimate of drug-likeness (QED) is 0.879. The lowest BCUT2D eigenvalue weighted by Gasteiger charge is -2.12. The van der Waals surface area contributed by atoms with Crippen molar-refractivity contribution >= 4 is 17.5 Å². The summed E-state index contributed by atoms with van der Waals surface area (Å²) in [5.74, 6) is 0.275. The van der Waals surface area contributed by atoms with E-state index in [4.69, 9.17) is 11.6 Å². The summed E-state index contributed by atoms with van der Waals surface area (Å²) in [7, 11) is 0. The number of nitrogens with one attached hydrogen (secondary N) is 1. The lowest BCUT2D eigenvalue weighted by atomic mass is 9.97. The third kappa shape index (κ3) is 4.39. The summed E-state index contributed by atoms with van der Waals surface area (Å²) in [6, 6.07) is 17.6. The zero-order valence-electron chi connectivity index (χ0n) is 11.5. The number of carbonyl (C=O) groups excluding carboxylic acids is 1. The molecule has 1 N–H and O–H groups in total. The van der Waals surface area contributed by atoms with E-state index in [2.05, 4.69) is 24.4 Å². The number of hydrogen-bond acceptors (Lipinski definition) is 1. The van der Waals surface area contributed by atoms with E-state index in [1.54, 1.807) is 0 Å². The average Bonchev–Trinajstić information content (AvgIpc) is 2.46. The van der Waals surface area contributed by atoms with E-state index in [-0.39, 0.29) is 11.8 Å². The molecule has 0 aliphatic carbocycles. The van der Waals surface area contributed by atoms with Crippen LogP contribution in [0.4, 0.5) is 0 Å². The van der Waals surface area contributed by atoms with Crippen LogP contribution in [0.2, 0.25) is 5.02 Å². The van der Waals surface area contributed by atoms with Crippen molar-refractivity contribution in [3.63, 3.8) is 0 Å². The summed E-state index contributed by atoms with van der Waals surface area (Å²) >= 11 is 5.91. The van der Waals surface area contributed by atoms with Gasteiger partial charge in [-0.25, -0.2) is 0 Å². The molecule has 3 heteroatoms. The summed E-state index contributed by atoms with van der Waals surface area (Å²) in [6.07, 6.45) is 0.491. The Labute approximate surface area is 124 Å². The van der Waals surface area contributed by atoms with Gasteiger partial charge in [-0.3, -0.25) is 4.79 Å². The molecular weight excluding hydrogens is 270 g/mol. The van der Waals surface area contributed by atoms with Gasteiger partial charge in [0.05, 0.1) is 0 Å². The fourth-order valence-electron chi connectivity index (χ4n) is 2.10. The number of benzene rings is 2. The third-order valence-electron chi connectivity index (χ3n) is 3.24. The van der Waals surface area contributed by atoms with Gasteiger partial charge in [0.15, 0.2) is 0 Å². The summed E-state index contributed by atoms with van der Waals surface area (Å²) in [5.41, 5.74) is 2.20. The van der Waals surface area contributed by atoms with E-state index in [0.717, 1.165) is 5.56 Å². The Morgan fingerprint density at radius 1 is 1.15 bits per heavy atom. The van der Waals surface area contributed by atoms with E-state index >= 15 is 0 Å². The van der Waals surface area contributed by atoms with Crippen LogP contribution in [0, 0.1) is 0 Å². The van der Waals surface area contributed by atoms with Gasteiger partial charge in [0.2, 0.25) is 5.91 Å². The normalized spacial score (nSPS) is 11.9. The lowest BCUT2D eigenvalue weighted by molar-refractivity contribution is -0.121. The van der Waals surface area contributed by atoms with E-state index in [9.17, 15) is 4.79 Å². The smallest absolute Gasteiger partial charge is 0.220 e. The van der Waals surface area contributed by atoms with Crippen molar-refractivity contribution in [2.24, 2.45) is 0 Å². The van der Waals surface area contributed by atoms with Crippen molar-refractivity contribution in [1.29, 1.82) is 0 Å². The highest BCUT2D eigenvalue weighted by atomic mass is 35.5. The average molecular weight is 288 g/mol. The van der Waals surface area contributed by atoms with Gasteiger partial charge in [0, 0.05) is 18.0 Å².